The topological polar surface area (TPSA) is 70.4 Å². The highest BCUT2D eigenvalue weighted by molar-refractivity contribution is 7.71. The predicted octanol–water partition coefficient (Wildman–Crippen LogP) is 1.71. The molecule has 0 amide bonds. The van der Waals surface area contributed by atoms with E-state index in [9.17, 15) is 4.79 Å². The molecule has 2 aromatic heterocycles. The van der Waals surface area contributed by atoms with Crippen LogP contribution in [0.3, 0.4) is 0 Å². The van der Waals surface area contributed by atoms with Crippen molar-refractivity contribution in [3.8, 4) is 0 Å². The van der Waals surface area contributed by atoms with Crippen LogP contribution in [0.5, 0.6) is 0 Å². The number of aromatic amines is 1. The molecule has 0 atom stereocenters. The number of nitrogens with one attached hydrogen (secondary N) is 1. The summed E-state index contributed by atoms with van der Waals surface area (Å²) in [4.78, 5) is 15.1. The Morgan fingerprint density at radius 3 is 2.87 bits per heavy atom. The van der Waals surface area contributed by atoms with Crippen LogP contribution in [0.15, 0.2) is 6.20 Å². The maximum Gasteiger partial charge on any atom is 0.341 e. The molecule has 6 heteroatoms. The van der Waals surface area contributed by atoms with E-state index >= 15 is 0 Å². The summed E-state index contributed by atoms with van der Waals surface area (Å²) in [5.74, 6) is -1.01. The quantitative estimate of drug-likeness (QED) is 0.722. The first-order valence-corrected chi connectivity index (χ1v) is 4.74. The van der Waals surface area contributed by atoms with Gasteiger partial charge in [0.05, 0.1) is 0 Å². The van der Waals surface area contributed by atoms with Gasteiger partial charge in [-0.25, -0.2) is 14.3 Å². The average molecular weight is 223 g/mol. The van der Waals surface area contributed by atoms with Gasteiger partial charge in [-0.05, 0) is 13.8 Å². The van der Waals surface area contributed by atoms with Crippen LogP contribution in [-0.4, -0.2) is 25.7 Å². The fourth-order valence-corrected chi connectivity index (χ4v) is 1.65. The molecule has 15 heavy (non-hydrogen) atoms. The van der Waals surface area contributed by atoms with Crippen molar-refractivity contribution in [2.75, 3.05) is 0 Å². The van der Waals surface area contributed by atoms with Gasteiger partial charge in [0.1, 0.15) is 10.2 Å². The number of aromatic nitrogens is 3. The summed E-state index contributed by atoms with van der Waals surface area (Å²) >= 11 is 5.18. The molecule has 2 aromatic rings. The molecule has 2 rings (SSSR count). The molecule has 0 aliphatic carbocycles. The number of hydrogen-bond donors (Lipinski definition) is 2. The molecule has 0 saturated carbocycles. The number of aryl methyl sites for hydroxylation is 1. The maximum absolute atomic E-state index is 10.9. The van der Waals surface area contributed by atoms with Crippen LogP contribution in [0.1, 0.15) is 21.6 Å². The molecule has 0 aliphatic rings. The van der Waals surface area contributed by atoms with Crippen molar-refractivity contribution in [1.82, 2.24) is 14.6 Å². The van der Waals surface area contributed by atoms with Gasteiger partial charge in [0.25, 0.3) is 0 Å². The van der Waals surface area contributed by atoms with Gasteiger partial charge in [0, 0.05) is 17.5 Å². The zero-order chi connectivity index (χ0) is 11.2. The fraction of sp³-hybridized carbons (Fsp3) is 0.222. The third-order valence-corrected chi connectivity index (χ3v) is 2.85. The van der Waals surface area contributed by atoms with Crippen LogP contribution in [0.4, 0.5) is 0 Å². The van der Waals surface area contributed by atoms with Crippen molar-refractivity contribution in [3.05, 3.63) is 27.7 Å². The van der Waals surface area contributed by atoms with Crippen molar-refractivity contribution in [2.24, 2.45) is 0 Å². The Labute approximate surface area is 90.4 Å². The number of H-pyrrole nitrogens is 1. The Morgan fingerprint density at radius 2 is 2.27 bits per heavy atom. The smallest absolute Gasteiger partial charge is 0.341 e. The second-order valence-corrected chi connectivity index (χ2v) is 3.67. The Kier molecular flexibility index (Phi) is 2.08. The van der Waals surface area contributed by atoms with Crippen LogP contribution in [0.25, 0.3) is 5.65 Å². The maximum atomic E-state index is 10.9. The Bertz CT molecular complexity index is 612. The normalized spacial score (nSPS) is 10.8. The summed E-state index contributed by atoms with van der Waals surface area (Å²) in [6.45, 7) is 3.67. The monoisotopic (exact) mass is 223 g/mol. The first-order valence-electron chi connectivity index (χ1n) is 4.33. The van der Waals surface area contributed by atoms with E-state index in [1.54, 1.807) is 0 Å². The summed E-state index contributed by atoms with van der Waals surface area (Å²) in [6.07, 6.45) is 1.39. The molecule has 78 valence electrons. The highest BCUT2D eigenvalue weighted by Crippen LogP contribution is 2.13. The Morgan fingerprint density at radius 1 is 1.60 bits per heavy atom. The minimum atomic E-state index is -1.01. The molecule has 2 heterocycles. The third-order valence-electron chi connectivity index (χ3n) is 2.36. The van der Waals surface area contributed by atoms with Crippen molar-refractivity contribution in [3.63, 3.8) is 0 Å². The van der Waals surface area contributed by atoms with Crippen molar-refractivity contribution < 1.29 is 9.90 Å². The zero-order valence-corrected chi connectivity index (χ0v) is 9.05. The number of fused-ring (bicyclic) bond motifs is 1. The summed E-state index contributed by atoms with van der Waals surface area (Å²) < 4.78 is 2.06. The Balaban J connectivity index is 2.96. The molecule has 0 radical (unpaired) electrons. The SMILES string of the molecule is Cc1nc2c(C(=O)O)c[nH]n2c(=S)c1C. The van der Waals surface area contributed by atoms with Gasteiger partial charge in [-0.1, -0.05) is 12.2 Å². The standard InChI is InChI=1S/C9H9N3O2S/c1-4-5(2)11-7-6(9(13)14)3-10-12(7)8(4)15/h3,10H,1-2H3,(H,13,14). The number of aromatic carboxylic acids is 1. The lowest BCUT2D eigenvalue weighted by Crippen LogP contribution is -2.02. The third kappa shape index (κ3) is 1.33. The summed E-state index contributed by atoms with van der Waals surface area (Å²) in [6, 6.07) is 0. The van der Waals surface area contributed by atoms with Gasteiger partial charge in [-0.3, -0.25) is 5.10 Å². The molecule has 0 saturated heterocycles. The highest BCUT2D eigenvalue weighted by Gasteiger charge is 2.13. The number of rotatable bonds is 1. The second-order valence-electron chi connectivity index (χ2n) is 3.28. The molecule has 0 bridgehead atoms. The van der Waals surface area contributed by atoms with Gasteiger partial charge in [-0.15, -0.1) is 0 Å². The number of carboxylic acid groups (broad SMARTS) is 1. The van der Waals surface area contributed by atoms with Crippen LogP contribution >= 0.6 is 12.2 Å². The first kappa shape index (κ1) is 9.85. The lowest BCUT2D eigenvalue weighted by atomic mass is 10.2. The summed E-state index contributed by atoms with van der Waals surface area (Å²) in [5, 5.41) is 11.7. The van der Waals surface area contributed by atoms with E-state index in [4.69, 9.17) is 17.3 Å². The van der Waals surface area contributed by atoms with E-state index in [0.29, 0.717) is 10.3 Å². The minimum Gasteiger partial charge on any atom is -0.477 e. The van der Waals surface area contributed by atoms with E-state index in [-0.39, 0.29) is 5.56 Å². The molecule has 5 nitrogen and oxygen atoms in total. The number of hydrogen-bond acceptors (Lipinski definition) is 3. The molecular formula is C9H9N3O2S. The molecule has 0 fully saturated rings. The van der Waals surface area contributed by atoms with Crippen LogP contribution in [0.2, 0.25) is 0 Å². The van der Waals surface area contributed by atoms with E-state index in [1.807, 2.05) is 13.8 Å². The van der Waals surface area contributed by atoms with Crippen molar-refractivity contribution in [1.29, 1.82) is 0 Å². The van der Waals surface area contributed by atoms with Crippen LogP contribution in [-0.2, 0) is 0 Å². The van der Waals surface area contributed by atoms with E-state index in [2.05, 4.69) is 10.1 Å². The van der Waals surface area contributed by atoms with Crippen molar-refractivity contribution in [2.45, 2.75) is 13.8 Å². The molecule has 0 aromatic carbocycles. The molecule has 0 spiro atoms. The molecule has 0 unspecified atom stereocenters. The number of carboxylic acids is 1. The lowest BCUT2D eigenvalue weighted by Gasteiger charge is -2.01. The summed E-state index contributed by atoms with van der Waals surface area (Å²) in [5.41, 5.74) is 2.11. The number of carbonyl (C=O) groups is 1. The van der Waals surface area contributed by atoms with E-state index in [1.165, 1.54) is 10.7 Å². The zero-order valence-electron chi connectivity index (χ0n) is 8.24. The second kappa shape index (κ2) is 3.16. The van der Waals surface area contributed by atoms with Gasteiger partial charge in [-0.2, -0.15) is 0 Å². The van der Waals surface area contributed by atoms with Crippen molar-refractivity contribution >= 4 is 23.8 Å². The van der Waals surface area contributed by atoms with Crippen LogP contribution in [0, 0.1) is 18.5 Å². The van der Waals surface area contributed by atoms with Gasteiger partial charge < -0.3 is 5.11 Å². The van der Waals surface area contributed by atoms with Gasteiger partial charge in [0.15, 0.2) is 5.65 Å². The average Bonchev–Trinajstić information content (AvgIpc) is 2.58. The van der Waals surface area contributed by atoms with Gasteiger partial charge in [0.2, 0.25) is 0 Å². The summed E-state index contributed by atoms with van der Waals surface area (Å²) in [7, 11) is 0. The fourth-order valence-electron chi connectivity index (χ4n) is 1.36. The van der Waals surface area contributed by atoms with E-state index < -0.39 is 5.97 Å². The number of nitrogens with zero attached hydrogens (tertiary/aromatic N) is 2. The molecule has 0 aliphatic heterocycles. The predicted molar refractivity (Wildman–Crippen MR) is 56.8 cm³/mol. The molecule has 2 N–H and O–H groups in total. The van der Waals surface area contributed by atoms with E-state index in [0.717, 1.165) is 11.3 Å². The van der Waals surface area contributed by atoms with Crippen LogP contribution < -0.4 is 0 Å². The molecular weight excluding hydrogens is 214 g/mol. The largest absolute Gasteiger partial charge is 0.477 e. The first-order chi connectivity index (χ1) is 7.02. The Hall–Kier alpha value is -1.69. The highest BCUT2D eigenvalue weighted by atomic mass is 32.1. The minimum absolute atomic E-state index is 0.129. The lowest BCUT2D eigenvalue weighted by molar-refractivity contribution is 0.0699. The van der Waals surface area contributed by atoms with Gasteiger partial charge >= 0.3 is 5.97 Å².